The molecule has 3 nitrogen and oxygen atoms in total. The predicted molar refractivity (Wildman–Crippen MR) is 70.9 cm³/mol. The molecule has 0 aromatic heterocycles. The minimum atomic E-state index is 0.485. The molecule has 1 atom stereocenters. The second kappa shape index (κ2) is 4.57. The minimum Gasteiger partial charge on any atom is -0.385 e. The summed E-state index contributed by atoms with van der Waals surface area (Å²) in [5.74, 6) is 0. The van der Waals surface area contributed by atoms with E-state index in [1.165, 1.54) is 29.8 Å². The number of benzene rings is 1. The van der Waals surface area contributed by atoms with E-state index in [4.69, 9.17) is 4.74 Å². The molecule has 3 rings (SSSR count). The first kappa shape index (κ1) is 10.9. The summed E-state index contributed by atoms with van der Waals surface area (Å²) in [6.45, 7) is 6.04. The van der Waals surface area contributed by atoms with Gasteiger partial charge < -0.3 is 15.0 Å². The van der Waals surface area contributed by atoms with E-state index in [-0.39, 0.29) is 0 Å². The molecule has 1 unspecified atom stereocenters. The van der Waals surface area contributed by atoms with Crippen molar-refractivity contribution in [2.24, 2.45) is 0 Å². The number of rotatable bonds is 1. The summed E-state index contributed by atoms with van der Waals surface area (Å²) >= 11 is 0. The van der Waals surface area contributed by atoms with E-state index in [0.717, 1.165) is 26.3 Å². The highest BCUT2D eigenvalue weighted by Gasteiger charge is 2.20. The largest absolute Gasteiger partial charge is 0.385 e. The number of anilines is 2. The van der Waals surface area contributed by atoms with Crippen molar-refractivity contribution in [2.45, 2.75) is 25.8 Å². The lowest BCUT2D eigenvalue weighted by Gasteiger charge is -2.36. The monoisotopic (exact) mass is 232 g/mol. The zero-order chi connectivity index (χ0) is 11.7. The van der Waals surface area contributed by atoms with Crippen LogP contribution in [0.4, 0.5) is 11.4 Å². The van der Waals surface area contributed by atoms with Crippen molar-refractivity contribution in [1.29, 1.82) is 0 Å². The molecule has 0 radical (unpaired) electrons. The fourth-order valence-electron chi connectivity index (χ4n) is 2.75. The van der Waals surface area contributed by atoms with E-state index < -0.39 is 0 Å². The van der Waals surface area contributed by atoms with Gasteiger partial charge in [0.2, 0.25) is 0 Å². The zero-order valence-electron chi connectivity index (χ0n) is 10.4. The molecule has 0 bridgehead atoms. The molecule has 0 saturated carbocycles. The molecular weight excluding hydrogens is 212 g/mol. The highest BCUT2D eigenvalue weighted by Crippen LogP contribution is 2.28. The van der Waals surface area contributed by atoms with Crippen LogP contribution >= 0.6 is 0 Å². The third kappa shape index (κ3) is 2.12. The number of fused-ring (bicyclic) bond motifs is 1. The molecule has 3 heteroatoms. The summed E-state index contributed by atoms with van der Waals surface area (Å²) in [4.78, 5) is 2.46. The van der Waals surface area contributed by atoms with Gasteiger partial charge in [-0.2, -0.15) is 0 Å². The maximum Gasteiger partial charge on any atom is 0.0668 e. The third-order valence-electron chi connectivity index (χ3n) is 3.73. The Morgan fingerprint density at radius 2 is 2.35 bits per heavy atom. The van der Waals surface area contributed by atoms with Gasteiger partial charge in [-0.15, -0.1) is 0 Å². The first-order valence-corrected chi connectivity index (χ1v) is 6.56. The Balaban J connectivity index is 1.87. The first-order chi connectivity index (χ1) is 8.34. The van der Waals surface area contributed by atoms with Gasteiger partial charge in [-0.1, -0.05) is 0 Å². The van der Waals surface area contributed by atoms with Crippen LogP contribution in [-0.4, -0.2) is 32.3 Å². The minimum absolute atomic E-state index is 0.485. The van der Waals surface area contributed by atoms with Crippen molar-refractivity contribution in [3.63, 3.8) is 0 Å². The molecule has 2 aliphatic rings. The molecule has 2 heterocycles. The highest BCUT2D eigenvalue weighted by atomic mass is 16.5. The average Bonchev–Trinajstić information content (AvgIpc) is 2.39. The van der Waals surface area contributed by atoms with Crippen LogP contribution in [0.2, 0.25) is 0 Å². The van der Waals surface area contributed by atoms with E-state index in [0.29, 0.717) is 6.04 Å². The normalized spacial score (nSPS) is 24.1. The lowest BCUT2D eigenvalue weighted by molar-refractivity contribution is 0.0989. The van der Waals surface area contributed by atoms with Gasteiger partial charge in [-0.25, -0.2) is 0 Å². The summed E-state index contributed by atoms with van der Waals surface area (Å²) in [5, 5.41) is 3.46. The van der Waals surface area contributed by atoms with Gasteiger partial charge in [0, 0.05) is 30.5 Å². The average molecular weight is 232 g/mol. The number of nitrogens with zero attached hydrogens (tertiary/aromatic N) is 1. The molecule has 0 amide bonds. The van der Waals surface area contributed by atoms with Crippen LogP contribution in [0.15, 0.2) is 18.2 Å². The number of nitrogens with one attached hydrogen (secondary N) is 1. The molecule has 1 fully saturated rings. The van der Waals surface area contributed by atoms with Crippen molar-refractivity contribution in [2.75, 3.05) is 36.5 Å². The number of aryl methyl sites for hydroxylation is 1. The third-order valence-corrected chi connectivity index (χ3v) is 3.73. The first-order valence-electron chi connectivity index (χ1n) is 6.56. The summed E-state index contributed by atoms with van der Waals surface area (Å²) in [7, 11) is 0. The molecular formula is C14H20N2O. The lowest BCUT2D eigenvalue weighted by Crippen LogP contribution is -2.43. The number of hydrogen-bond donors (Lipinski definition) is 1. The molecule has 1 aromatic carbocycles. The maximum atomic E-state index is 5.49. The van der Waals surface area contributed by atoms with Gasteiger partial charge in [-0.3, -0.25) is 0 Å². The predicted octanol–water partition coefficient (Wildman–Crippen LogP) is 2.27. The van der Waals surface area contributed by atoms with Gasteiger partial charge >= 0.3 is 0 Å². The van der Waals surface area contributed by atoms with Crippen LogP contribution in [0, 0.1) is 0 Å². The van der Waals surface area contributed by atoms with E-state index >= 15 is 0 Å². The van der Waals surface area contributed by atoms with E-state index in [2.05, 4.69) is 35.3 Å². The smallest absolute Gasteiger partial charge is 0.0668 e. The Hall–Kier alpha value is -1.22. The SMILES string of the molecule is CC1COCCN1c1ccc2c(c1)CCCN2. The number of ether oxygens (including phenoxy) is 1. The van der Waals surface area contributed by atoms with Crippen molar-refractivity contribution >= 4 is 11.4 Å². The van der Waals surface area contributed by atoms with Crippen LogP contribution in [0.5, 0.6) is 0 Å². The number of morpholine rings is 1. The Morgan fingerprint density at radius 1 is 1.41 bits per heavy atom. The Labute approximate surface area is 103 Å². The van der Waals surface area contributed by atoms with Crippen LogP contribution in [0.3, 0.4) is 0 Å². The molecule has 1 saturated heterocycles. The quantitative estimate of drug-likeness (QED) is 0.804. The van der Waals surface area contributed by atoms with Gasteiger partial charge in [0.05, 0.1) is 13.2 Å². The number of hydrogen-bond acceptors (Lipinski definition) is 3. The van der Waals surface area contributed by atoms with Gasteiger partial charge in [0.1, 0.15) is 0 Å². The Morgan fingerprint density at radius 3 is 3.24 bits per heavy atom. The van der Waals surface area contributed by atoms with E-state index in [9.17, 15) is 0 Å². The second-order valence-corrected chi connectivity index (χ2v) is 4.99. The van der Waals surface area contributed by atoms with Crippen LogP contribution in [0.25, 0.3) is 0 Å². The Kier molecular flexibility index (Phi) is 2.93. The Bertz CT molecular complexity index is 405. The summed E-state index contributed by atoms with van der Waals surface area (Å²) in [6.07, 6.45) is 2.45. The van der Waals surface area contributed by atoms with E-state index in [1.807, 2.05) is 0 Å². The van der Waals surface area contributed by atoms with Crippen molar-refractivity contribution in [3.8, 4) is 0 Å². The van der Waals surface area contributed by atoms with Crippen LogP contribution < -0.4 is 10.2 Å². The van der Waals surface area contributed by atoms with Gasteiger partial charge in [0.15, 0.2) is 0 Å². The summed E-state index contributed by atoms with van der Waals surface area (Å²) in [6, 6.07) is 7.30. The summed E-state index contributed by atoms with van der Waals surface area (Å²) < 4.78 is 5.49. The second-order valence-electron chi connectivity index (χ2n) is 4.99. The van der Waals surface area contributed by atoms with Gasteiger partial charge in [-0.05, 0) is 43.5 Å². The van der Waals surface area contributed by atoms with Gasteiger partial charge in [0.25, 0.3) is 0 Å². The fraction of sp³-hybridized carbons (Fsp3) is 0.571. The molecule has 1 N–H and O–H groups in total. The van der Waals surface area contributed by atoms with Crippen molar-refractivity contribution < 1.29 is 4.74 Å². The van der Waals surface area contributed by atoms with E-state index in [1.54, 1.807) is 0 Å². The molecule has 17 heavy (non-hydrogen) atoms. The lowest BCUT2D eigenvalue weighted by atomic mass is 10.0. The van der Waals surface area contributed by atoms with Crippen molar-refractivity contribution in [3.05, 3.63) is 23.8 Å². The highest BCUT2D eigenvalue weighted by molar-refractivity contribution is 5.62. The molecule has 2 aliphatic heterocycles. The standard InChI is InChI=1S/C14H20N2O/c1-11-10-17-8-7-16(11)13-4-5-14-12(9-13)3-2-6-15-14/h4-5,9,11,15H,2-3,6-8,10H2,1H3. The van der Waals surface area contributed by atoms with Crippen LogP contribution in [-0.2, 0) is 11.2 Å². The summed E-state index contributed by atoms with van der Waals surface area (Å²) in [5.41, 5.74) is 4.14. The molecule has 92 valence electrons. The van der Waals surface area contributed by atoms with Crippen molar-refractivity contribution in [1.82, 2.24) is 0 Å². The molecule has 1 aromatic rings. The maximum absolute atomic E-state index is 5.49. The topological polar surface area (TPSA) is 24.5 Å². The molecule has 0 spiro atoms. The molecule has 0 aliphatic carbocycles. The fourth-order valence-corrected chi connectivity index (χ4v) is 2.75. The zero-order valence-corrected chi connectivity index (χ0v) is 10.4. The van der Waals surface area contributed by atoms with Crippen LogP contribution in [0.1, 0.15) is 18.9 Å².